The molecular weight excluding hydrogens is 317 g/mol. The van der Waals surface area contributed by atoms with E-state index in [0.29, 0.717) is 28.0 Å². The summed E-state index contributed by atoms with van der Waals surface area (Å²) in [6.07, 6.45) is 0. The maximum absolute atomic E-state index is 13.0. The average Bonchev–Trinajstić information content (AvgIpc) is 3.04. The molecule has 0 aliphatic carbocycles. The van der Waals surface area contributed by atoms with E-state index in [0.717, 1.165) is 10.9 Å². The Hall–Kier alpha value is -2.79. The van der Waals surface area contributed by atoms with Gasteiger partial charge in [-0.15, -0.1) is 0 Å². The molecule has 0 N–H and O–H groups in total. The van der Waals surface area contributed by atoms with Crippen LogP contribution in [0.3, 0.4) is 0 Å². The minimum atomic E-state index is -0.315. The van der Waals surface area contributed by atoms with E-state index in [1.54, 1.807) is 18.2 Å². The van der Waals surface area contributed by atoms with Crippen molar-refractivity contribution in [3.8, 4) is 22.8 Å². The first-order chi connectivity index (χ1) is 11.2. The maximum atomic E-state index is 13.0. The van der Waals surface area contributed by atoms with Gasteiger partial charge in [0.1, 0.15) is 11.0 Å². The van der Waals surface area contributed by atoms with Crippen molar-refractivity contribution < 1.29 is 8.91 Å². The second-order valence-electron chi connectivity index (χ2n) is 4.94. The molecule has 23 heavy (non-hydrogen) atoms. The first-order valence-corrected chi connectivity index (χ1v) is 7.24. The second-order valence-corrected chi connectivity index (χ2v) is 5.33. The molecule has 0 amide bonds. The van der Waals surface area contributed by atoms with Crippen molar-refractivity contribution in [2.45, 2.75) is 0 Å². The number of hydrogen-bond donors (Lipinski definition) is 0. The van der Waals surface area contributed by atoms with E-state index in [1.807, 2.05) is 24.3 Å². The SMILES string of the molecule is Fc1ccc(-c2noc(-c3cc(Cl)nc4ccccc34)n2)cc1. The summed E-state index contributed by atoms with van der Waals surface area (Å²) in [5.74, 6) is 0.409. The van der Waals surface area contributed by atoms with Gasteiger partial charge in [-0.3, -0.25) is 0 Å². The Labute approximate surface area is 135 Å². The summed E-state index contributed by atoms with van der Waals surface area (Å²) in [7, 11) is 0. The lowest BCUT2D eigenvalue weighted by Crippen LogP contribution is -1.86. The van der Waals surface area contributed by atoms with Gasteiger partial charge in [-0.05, 0) is 36.4 Å². The summed E-state index contributed by atoms with van der Waals surface area (Å²) in [5.41, 5.74) is 2.13. The van der Waals surface area contributed by atoms with E-state index < -0.39 is 0 Å². The summed E-state index contributed by atoms with van der Waals surface area (Å²) < 4.78 is 18.4. The van der Waals surface area contributed by atoms with Gasteiger partial charge in [0.05, 0.1) is 11.1 Å². The standard InChI is InChI=1S/C17H9ClFN3O/c18-15-9-13(12-3-1-2-4-14(12)20-15)17-21-16(22-23-17)10-5-7-11(19)8-6-10/h1-9H. The van der Waals surface area contributed by atoms with Crippen LogP contribution >= 0.6 is 11.6 Å². The fourth-order valence-electron chi connectivity index (χ4n) is 2.37. The van der Waals surface area contributed by atoms with Crippen molar-refractivity contribution >= 4 is 22.5 Å². The molecule has 4 aromatic rings. The molecule has 4 rings (SSSR count). The molecule has 2 aromatic carbocycles. The molecule has 0 fully saturated rings. The Balaban J connectivity index is 1.85. The highest BCUT2D eigenvalue weighted by Crippen LogP contribution is 2.30. The molecule has 112 valence electrons. The predicted molar refractivity (Wildman–Crippen MR) is 85.4 cm³/mol. The molecule has 2 heterocycles. The van der Waals surface area contributed by atoms with Crippen LogP contribution in [-0.2, 0) is 0 Å². The lowest BCUT2D eigenvalue weighted by molar-refractivity contribution is 0.432. The zero-order chi connectivity index (χ0) is 15.8. The van der Waals surface area contributed by atoms with Gasteiger partial charge in [0.2, 0.25) is 5.82 Å². The summed E-state index contributed by atoms with van der Waals surface area (Å²) in [6.45, 7) is 0. The Kier molecular flexibility index (Phi) is 3.28. The molecule has 2 aromatic heterocycles. The van der Waals surface area contributed by atoms with Gasteiger partial charge < -0.3 is 4.52 Å². The molecule has 4 nitrogen and oxygen atoms in total. The zero-order valence-corrected chi connectivity index (χ0v) is 12.5. The van der Waals surface area contributed by atoms with Crippen molar-refractivity contribution in [1.29, 1.82) is 0 Å². The predicted octanol–water partition coefficient (Wildman–Crippen LogP) is 4.74. The smallest absolute Gasteiger partial charge is 0.259 e. The van der Waals surface area contributed by atoms with Crippen LogP contribution in [0.2, 0.25) is 5.15 Å². The highest BCUT2D eigenvalue weighted by molar-refractivity contribution is 6.30. The van der Waals surface area contributed by atoms with Crippen molar-refractivity contribution in [2.24, 2.45) is 0 Å². The summed E-state index contributed by atoms with van der Waals surface area (Å²) in [5, 5.41) is 5.17. The second kappa shape index (κ2) is 5.44. The van der Waals surface area contributed by atoms with Crippen LogP contribution in [0.5, 0.6) is 0 Å². The fourth-order valence-corrected chi connectivity index (χ4v) is 2.57. The fraction of sp³-hybridized carbons (Fsp3) is 0. The van der Waals surface area contributed by atoms with Crippen molar-refractivity contribution in [3.63, 3.8) is 0 Å². The molecule has 0 radical (unpaired) electrons. The number of hydrogen-bond acceptors (Lipinski definition) is 4. The van der Waals surface area contributed by atoms with Gasteiger partial charge in [0.25, 0.3) is 5.89 Å². The number of aromatic nitrogens is 3. The third-order valence-corrected chi connectivity index (χ3v) is 3.64. The van der Waals surface area contributed by atoms with Crippen molar-refractivity contribution in [1.82, 2.24) is 15.1 Å². The lowest BCUT2D eigenvalue weighted by atomic mass is 10.1. The minimum absolute atomic E-state index is 0.315. The molecule has 0 unspecified atom stereocenters. The first-order valence-electron chi connectivity index (χ1n) is 6.86. The number of benzene rings is 2. The number of para-hydroxylation sites is 1. The third-order valence-electron chi connectivity index (χ3n) is 3.44. The van der Waals surface area contributed by atoms with E-state index in [4.69, 9.17) is 16.1 Å². The Bertz CT molecular complexity index is 998. The molecule has 0 saturated carbocycles. The van der Waals surface area contributed by atoms with Gasteiger partial charge in [-0.25, -0.2) is 9.37 Å². The third kappa shape index (κ3) is 2.55. The maximum Gasteiger partial charge on any atom is 0.259 e. The number of rotatable bonds is 2. The number of halogens is 2. The summed E-state index contributed by atoms with van der Waals surface area (Å²) in [4.78, 5) is 8.66. The van der Waals surface area contributed by atoms with Gasteiger partial charge in [-0.2, -0.15) is 4.98 Å². The topological polar surface area (TPSA) is 51.8 Å². The van der Waals surface area contributed by atoms with E-state index >= 15 is 0 Å². The monoisotopic (exact) mass is 325 g/mol. The van der Waals surface area contributed by atoms with Crippen LogP contribution in [0.15, 0.2) is 59.1 Å². The van der Waals surface area contributed by atoms with E-state index in [-0.39, 0.29) is 5.82 Å². The molecule has 0 bridgehead atoms. The average molecular weight is 326 g/mol. The highest BCUT2D eigenvalue weighted by atomic mass is 35.5. The number of nitrogens with zero attached hydrogens (tertiary/aromatic N) is 3. The van der Waals surface area contributed by atoms with Crippen LogP contribution in [0.4, 0.5) is 4.39 Å². The van der Waals surface area contributed by atoms with Crippen LogP contribution in [-0.4, -0.2) is 15.1 Å². The highest BCUT2D eigenvalue weighted by Gasteiger charge is 2.15. The summed E-state index contributed by atoms with van der Waals surface area (Å²) in [6, 6.07) is 15.1. The van der Waals surface area contributed by atoms with Gasteiger partial charge in [0.15, 0.2) is 0 Å². The molecular formula is C17H9ClFN3O. The van der Waals surface area contributed by atoms with Crippen molar-refractivity contribution in [2.75, 3.05) is 0 Å². The van der Waals surface area contributed by atoms with Gasteiger partial charge >= 0.3 is 0 Å². The molecule has 6 heteroatoms. The van der Waals surface area contributed by atoms with Crippen LogP contribution < -0.4 is 0 Å². The van der Waals surface area contributed by atoms with Crippen molar-refractivity contribution in [3.05, 3.63) is 65.6 Å². The zero-order valence-electron chi connectivity index (χ0n) is 11.7. The van der Waals surface area contributed by atoms with Gasteiger partial charge in [-0.1, -0.05) is 35.0 Å². The molecule has 0 aliphatic rings. The van der Waals surface area contributed by atoms with Crippen LogP contribution in [0.25, 0.3) is 33.7 Å². The van der Waals surface area contributed by atoms with Gasteiger partial charge in [0, 0.05) is 10.9 Å². The summed E-state index contributed by atoms with van der Waals surface area (Å²) >= 11 is 6.07. The normalized spacial score (nSPS) is 11.0. The van der Waals surface area contributed by atoms with Crippen LogP contribution in [0.1, 0.15) is 0 Å². The molecule has 0 spiro atoms. The number of pyridine rings is 1. The largest absolute Gasteiger partial charge is 0.334 e. The number of fused-ring (bicyclic) bond motifs is 1. The Morgan fingerprint density at radius 2 is 1.74 bits per heavy atom. The Morgan fingerprint density at radius 3 is 2.57 bits per heavy atom. The van der Waals surface area contributed by atoms with E-state index in [1.165, 1.54) is 12.1 Å². The molecule has 0 atom stereocenters. The first kappa shape index (κ1) is 13.8. The van der Waals surface area contributed by atoms with Crippen LogP contribution in [0, 0.1) is 5.82 Å². The lowest BCUT2D eigenvalue weighted by Gasteiger charge is -2.02. The van der Waals surface area contributed by atoms with E-state index in [2.05, 4.69) is 15.1 Å². The minimum Gasteiger partial charge on any atom is -0.334 e. The Morgan fingerprint density at radius 1 is 0.957 bits per heavy atom. The van der Waals surface area contributed by atoms with E-state index in [9.17, 15) is 4.39 Å². The quantitative estimate of drug-likeness (QED) is 0.499. The molecule has 0 saturated heterocycles. The molecule has 0 aliphatic heterocycles.